The first-order valence-corrected chi connectivity index (χ1v) is 10.2. The Kier molecular flexibility index (Phi) is 4.82. The van der Waals surface area contributed by atoms with Gasteiger partial charge in [0.15, 0.2) is 23.0 Å². The van der Waals surface area contributed by atoms with Crippen molar-refractivity contribution in [2.45, 2.75) is 0 Å². The lowest BCUT2D eigenvalue weighted by atomic mass is 10.00. The number of pyridine rings is 1. The van der Waals surface area contributed by atoms with E-state index in [1.807, 2.05) is 24.3 Å². The Hall–Kier alpha value is -3.45. The first-order chi connectivity index (χ1) is 15.1. The fourth-order valence-corrected chi connectivity index (χ4v) is 4.04. The summed E-state index contributed by atoms with van der Waals surface area (Å²) in [5, 5.41) is 8.68. The van der Waals surface area contributed by atoms with Gasteiger partial charge in [-0.1, -0.05) is 12.1 Å². The number of likely N-dealkylation sites (N-methyl/N-ethyl adjacent to an activating group) is 1. The van der Waals surface area contributed by atoms with E-state index in [1.165, 1.54) is 0 Å². The van der Waals surface area contributed by atoms with Crippen LogP contribution in [0.3, 0.4) is 0 Å². The van der Waals surface area contributed by atoms with Crippen LogP contribution in [0.25, 0.3) is 32.4 Å². The molecule has 4 aromatic rings. The van der Waals surface area contributed by atoms with Gasteiger partial charge in [-0.05, 0) is 49.1 Å². The number of aromatic nitrogens is 1. The second-order valence-corrected chi connectivity index (χ2v) is 7.83. The maximum Gasteiger partial charge on any atom is 0.231 e. The molecule has 31 heavy (non-hydrogen) atoms. The van der Waals surface area contributed by atoms with Crippen LogP contribution in [0.4, 0.5) is 5.82 Å². The molecule has 2 heterocycles. The van der Waals surface area contributed by atoms with Gasteiger partial charge in [0.05, 0.1) is 19.7 Å². The Morgan fingerprint density at radius 2 is 1.61 bits per heavy atom. The number of benzene rings is 3. The molecule has 160 valence electrons. The summed E-state index contributed by atoms with van der Waals surface area (Å²) in [5.41, 5.74) is 0.905. The molecular weight excluding hydrogens is 394 g/mol. The van der Waals surface area contributed by atoms with Gasteiger partial charge < -0.3 is 29.2 Å². The van der Waals surface area contributed by atoms with Gasteiger partial charge in [0, 0.05) is 29.2 Å². The number of methoxy groups -OCH3 is 2. The van der Waals surface area contributed by atoms with E-state index < -0.39 is 0 Å². The number of anilines is 1. The van der Waals surface area contributed by atoms with Gasteiger partial charge in [0.25, 0.3) is 0 Å². The van der Waals surface area contributed by atoms with Gasteiger partial charge in [-0.3, -0.25) is 0 Å². The fourth-order valence-electron chi connectivity index (χ4n) is 4.04. The van der Waals surface area contributed by atoms with E-state index in [0.717, 1.165) is 62.9 Å². The van der Waals surface area contributed by atoms with Crippen molar-refractivity contribution < 1.29 is 18.9 Å². The molecule has 0 radical (unpaired) electrons. The maximum atomic E-state index is 5.62. The van der Waals surface area contributed by atoms with Crippen molar-refractivity contribution in [3.63, 3.8) is 0 Å². The normalized spacial score (nSPS) is 12.8. The van der Waals surface area contributed by atoms with Crippen LogP contribution < -0.4 is 24.3 Å². The van der Waals surface area contributed by atoms with E-state index in [2.05, 4.69) is 36.4 Å². The predicted octanol–water partition coefficient (Wildman–Crippen LogP) is 4.26. The van der Waals surface area contributed by atoms with Crippen LogP contribution in [0.5, 0.6) is 23.0 Å². The van der Waals surface area contributed by atoms with Gasteiger partial charge in [0.2, 0.25) is 6.79 Å². The zero-order chi connectivity index (χ0) is 21.5. The predicted molar refractivity (Wildman–Crippen MR) is 123 cm³/mol. The van der Waals surface area contributed by atoms with Crippen molar-refractivity contribution in [1.82, 2.24) is 9.88 Å². The van der Waals surface area contributed by atoms with Crippen LogP contribution in [-0.2, 0) is 0 Å². The van der Waals surface area contributed by atoms with Gasteiger partial charge in [0.1, 0.15) is 5.82 Å². The average Bonchev–Trinajstić information content (AvgIpc) is 3.23. The highest BCUT2D eigenvalue weighted by Gasteiger charge is 2.19. The lowest BCUT2D eigenvalue weighted by molar-refractivity contribution is 0.174. The van der Waals surface area contributed by atoms with Crippen LogP contribution in [0.2, 0.25) is 0 Å². The summed E-state index contributed by atoms with van der Waals surface area (Å²) >= 11 is 0. The second kappa shape index (κ2) is 7.67. The monoisotopic (exact) mass is 419 g/mol. The molecule has 7 nitrogen and oxygen atoms in total. The quantitative estimate of drug-likeness (QED) is 0.469. The minimum Gasteiger partial charge on any atom is -0.493 e. The summed E-state index contributed by atoms with van der Waals surface area (Å²) in [6.45, 7) is 1.91. The van der Waals surface area contributed by atoms with E-state index >= 15 is 0 Å². The van der Waals surface area contributed by atoms with E-state index in [9.17, 15) is 0 Å². The number of nitrogens with zero attached hydrogens (tertiary/aromatic N) is 2. The summed E-state index contributed by atoms with van der Waals surface area (Å²) < 4.78 is 22.3. The Morgan fingerprint density at radius 3 is 2.32 bits per heavy atom. The Bertz CT molecular complexity index is 1300. The number of fused-ring (bicyclic) bond motifs is 6. The van der Waals surface area contributed by atoms with Crippen molar-refractivity contribution in [2.24, 2.45) is 0 Å². The topological polar surface area (TPSA) is 65.1 Å². The van der Waals surface area contributed by atoms with Gasteiger partial charge in [-0.15, -0.1) is 0 Å². The van der Waals surface area contributed by atoms with Crippen molar-refractivity contribution in [3.8, 4) is 23.0 Å². The molecular formula is C24H25N3O4. The Morgan fingerprint density at radius 1 is 0.903 bits per heavy atom. The standard InChI is InChI=1S/C24H25N3O4/c1-27(2)8-7-25-24-18-12-20(29-4)19(28-3)11-17(18)15-6-5-14-9-21-22(31-13-30-21)10-16(14)23(15)26-24/h5-6,9-12H,7-8,13H2,1-4H3,(H,25,26). The highest BCUT2D eigenvalue weighted by Crippen LogP contribution is 2.42. The molecule has 1 N–H and O–H groups in total. The maximum absolute atomic E-state index is 5.62. The first-order valence-electron chi connectivity index (χ1n) is 10.2. The van der Waals surface area contributed by atoms with Gasteiger partial charge in [-0.2, -0.15) is 0 Å². The number of nitrogens with one attached hydrogen (secondary N) is 1. The van der Waals surface area contributed by atoms with E-state index in [-0.39, 0.29) is 6.79 Å². The summed E-state index contributed by atoms with van der Waals surface area (Å²) in [4.78, 5) is 7.20. The Balaban J connectivity index is 1.80. The highest BCUT2D eigenvalue weighted by molar-refractivity contribution is 6.18. The van der Waals surface area contributed by atoms with Crippen molar-refractivity contribution in [1.29, 1.82) is 0 Å². The molecule has 1 aliphatic heterocycles. The summed E-state index contributed by atoms with van der Waals surface area (Å²) in [6, 6.07) is 12.2. The number of ether oxygens (including phenoxy) is 4. The smallest absolute Gasteiger partial charge is 0.231 e. The lowest BCUT2D eigenvalue weighted by Gasteiger charge is -2.17. The van der Waals surface area contributed by atoms with Crippen molar-refractivity contribution in [3.05, 3.63) is 36.4 Å². The van der Waals surface area contributed by atoms with Crippen molar-refractivity contribution in [2.75, 3.05) is 53.5 Å². The molecule has 0 bridgehead atoms. The number of hydrogen-bond acceptors (Lipinski definition) is 7. The zero-order valence-corrected chi connectivity index (χ0v) is 18.1. The Labute approximate surface area is 180 Å². The average molecular weight is 419 g/mol. The summed E-state index contributed by atoms with van der Waals surface area (Å²) in [5.74, 6) is 3.69. The molecule has 0 spiro atoms. The zero-order valence-electron chi connectivity index (χ0n) is 18.1. The fraction of sp³-hybridized carbons (Fsp3) is 0.292. The molecule has 0 fully saturated rings. The first kappa shape index (κ1) is 19.5. The summed E-state index contributed by atoms with van der Waals surface area (Å²) in [7, 11) is 7.40. The van der Waals surface area contributed by atoms with Crippen LogP contribution in [0.15, 0.2) is 36.4 Å². The number of rotatable bonds is 6. The molecule has 0 amide bonds. The van der Waals surface area contributed by atoms with Gasteiger partial charge in [-0.25, -0.2) is 4.98 Å². The second-order valence-electron chi connectivity index (χ2n) is 7.83. The van der Waals surface area contributed by atoms with E-state index in [0.29, 0.717) is 11.5 Å². The van der Waals surface area contributed by atoms with E-state index in [4.69, 9.17) is 23.9 Å². The van der Waals surface area contributed by atoms with Crippen LogP contribution in [0.1, 0.15) is 0 Å². The largest absolute Gasteiger partial charge is 0.493 e. The van der Waals surface area contributed by atoms with Crippen molar-refractivity contribution >= 4 is 38.3 Å². The van der Waals surface area contributed by atoms with Crippen LogP contribution in [-0.4, -0.2) is 58.1 Å². The molecule has 0 aliphatic carbocycles. The van der Waals surface area contributed by atoms with Crippen LogP contribution >= 0.6 is 0 Å². The molecule has 5 rings (SSSR count). The molecule has 0 unspecified atom stereocenters. The van der Waals surface area contributed by atoms with E-state index in [1.54, 1.807) is 14.2 Å². The van der Waals surface area contributed by atoms with Crippen LogP contribution in [0, 0.1) is 0 Å². The molecule has 1 aromatic heterocycles. The highest BCUT2D eigenvalue weighted by atomic mass is 16.7. The lowest BCUT2D eigenvalue weighted by Crippen LogP contribution is -2.21. The molecule has 3 aromatic carbocycles. The summed E-state index contributed by atoms with van der Waals surface area (Å²) in [6.07, 6.45) is 0. The number of hydrogen-bond donors (Lipinski definition) is 1. The molecule has 7 heteroatoms. The minimum absolute atomic E-state index is 0.244. The SMILES string of the molecule is COc1cc2c(NCCN(C)C)nc3c4cc5c(cc4ccc3c2cc1OC)OCO5. The molecule has 0 atom stereocenters. The minimum atomic E-state index is 0.244. The molecule has 1 aliphatic rings. The third-order valence-electron chi connectivity index (χ3n) is 5.63. The molecule has 0 saturated carbocycles. The van der Waals surface area contributed by atoms with Gasteiger partial charge >= 0.3 is 0 Å². The third kappa shape index (κ3) is 3.31. The third-order valence-corrected chi connectivity index (χ3v) is 5.63. The molecule has 0 saturated heterocycles.